The van der Waals surface area contributed by atoms with Gasteiger partial charge in [-0.2, -0.15) is 0 Å². The summed E-state index contributed by atoms with van der Waals surface area (Å²) in [5.41, 5.74) is 1.75. The van der Waals surface area contributed by atoms with Crippen LogP contribution in [0.5, 0.6) is 0 Å². The number of nitrogens with zero attached hydrogens (tertiary/aromatic N) is 3. The Hall–Kier alpha value is -1.82. The van der Waals surface area contributed by atoms with E-state index in [1.807, 2.05) is 24.3 Å². The minimum absolute atomic E-state index is 0. The summed E-state index contributed by atoms with van der Waals surface area (Å²) in [6.45, 7) is 7.29. The minimum Gasteiger partial charge on any atom is -0.443 e. The molecule has 2 aromatic rings. The number of nitrogens with one attached hydrogen (secondary N) is 2. The van der Waals surface area contributed by atoms with Gasteiger partial charge in [0.25, 0.3) is 0 Å². The van der Waals surface area contributed by atoms with Crippen molar-refractivity contribution in [1.29, 1.82) is 0 Å². The number of guanidine groups is 1. The highest BCUT2D eigenvalue weighted by atomic mass is 127. The van der Waals surface area contributed by atoms with Crippen LogP contribution in [0.25, 0.3) is 0 Å². The Morgan fingerprint density at radius 2 is 2.00 bits per heavy atom. The molecule has 2 N–H and O–H groups in total. The molecule has 0 unspecified atom stereocenters. The number of aliphatic imine (C=N–C) groups is 1. The van der Waals surface area contributed by atoms with Crippen LogP contribution in [-0.2, 0) is 28.4 Å². The molecule has 0 aliphatic carbocycles. The third kappa shape index (κ3) is 5.87. The number of hydrogen-bond donors (Lipinski definition) is 2. The lowest BCUT2D eigenvalue weighted by molar-refractivity contribution is 0.379. The van der Waals surface area contributed by atoms with E-state index in [0.717, 1.165) is 23.4 Å². The fourth-order valence-corrected chi connectivity index (χ4v) is 4.55. The van der Waals surface area contributed by atoms with Crippen molar-refractivity contribution in [1.82, 2.24) is 15.6 Å². The second kappa shape index (κ2) is 9.99. The maximum atomic E-state index is 12.7. The molecular weight excluding hydrogens is 517 g/mol. The first kappa shape index (κ1) is 24.4. The molecule has 166 valence electrons. The molecule has 0 saturated heterocycles. The summed E-state index contributed by atoms with van der Waals surface area (Å²) in [6.07, 6.45) is 2.48. The average Bonchev–Trinajstić information content (AvgIpc) is 3.31. The predicted molar refractivity (Wildman–Crippen MR) is 130 cm³/mol. The summed E-state index contributed by atoms with van der Waals surface area (Å²) < 4.78 is 32.7. The van der Waals surface area contributed by atoms with Gasteiger partial charge in [-0.15, -0.1) is 24.0 Å². The van der Waals surface area contributed by atoms with Crippen LogP contribution in [0.15, 0.2) is 39.9 Å². The molecule has 3 rings (SSSR count). The average molecular weight is 547 g/mol. The quantitative estimate of drug-likeness (QED) is 0.328. The van der Waals surface area contributed by atoms with E-state index in [4.69, 9.17) is 4.42 Å². The number of fused-ring (bicyclic) bond motifs is 1. The van der Waals surface area contributed by atoms with Crippen LogP contribution < -0.4 is 14.9 Å². The number of rotatable bonds is 6. The maximum Gasteiger partial charge on any atom is 0.236 e. The van der Waals surface area contributed by atoms with Gasteiger partial charge in [0.2, 0.25) is 15.9 Å². The molecule has 1 aliphatic rings. The molecule has 0 amide bonds. The van der Waals surface area contributed by atoms with Gasteiger partial charge >= 0.3 is 0 Å². The fourth-order valence-electron chi connectivity index (χ4n) is 3.12. The highest BCUT2D eigenvalue weighted by Crippen LogP contribution is 2.29. The molecule has 10 heteroatoms. The monoisotopic (exact) mass is 547 g/mol. The Kier molecular flexibility index (Phi) is 8.14. The number of para-hydroxylation sites is 1. The zero-order valence-electron chi connectivity index (χ0n) is 17.8. The molecule has 0 radical (unpaired) electrons. The highest BCUT2D eigenvalue weighted by Gasteiger charge is 2.28. The van der Waals surface area contributed by atoms with Crippen LogP contribution in [0.2, 0.25) is 0 Å². The molecule has 0 spiro atoms. The van der Waals surface area contributed by atoms with Crippen molar-refractivity contribution in [3.05, 3.63) is 47.7 Å². The first-order valence-corrected chi connectivity index (χ1v) is 11.3. The third-order valence-electron chi connectivity index (χ3n) is 4.76. The van der Waals surface area contributed by atoms with Gasteiger partial charge in [0.15, 0.2) is 5.96 Å². The minimum atomic E-state index is -3.40. The highest BCUT2D eigenvalue weighted by molar-refractivity contribution is 14.0. The molecule has 8 nitrogen and oxygen atoms in total. The summed E-state index contributed by atoms with van der Waals surface area (Å²) in [4.78, 5) is 8.40. The van der Waals surface area contributed by atoms with Gasteiger partial charge in [-0.1, -0.05) is 39.0 Å². The summed E-state index contributed by atoms with van der Waals surface area (Å²) in [5, 5.41) is 6.14. The van der Waals surface area contributed by atoms with Gasteiger partial charge in [-0.05, 0) is 18.1 Å². The Bertz CT molecular complexity index is 982. The van der Waals surface area contributed by atoms with E-state index < -0.39 is 10.0 Å². The number of benzene rings is 1. The lowest BCUT2D eigenvalue weighted by Gasteiger charge is -2.20. The van der Waals surface area contributed by atoms with Crippen LogP contribution in [-0.4, -0.2) is 45.3 Å². The van der Waals surface area contributed by atoms with Crippen molar-refractivity contribution in [2.24, 2.45) is 4.99 Å². The zero-order valence-corrected chi connectivity index (χ0v) is 21.0. The van der Waals surface area contributed by atoms with Gasteiger partial charge in [0, 0.05) is 25.6 Å². The molecular formula is C20H30IN5O3S. The van der Waals surface area contributed by atoms with Crippen molar-refractivity contribution in [3.8, 4) is 0 Å². The Morgan fingerprint density at radius 1 is 1.27 bits per heavy atom. The molecule has 0 saturated carbocycles. The zero-order chi connectivity index (χ0) is 21.1. The number of oxazole rings is 1. The van der Waals surface area contributed by atoms with Crippen molar-refractivity contribution in [3.63, 3.8) is 0 Å². The first-order chi connectivity index (χ1) is 13.7. The maximum absolute atomic E-state index is 12.7. The van der Waals surface area contributed by atoms with Gasteiger partial charge < -0.3 is 15.1 Å². The summed E-state index contributed by atoms with van der Waals surface area (Å²) in [5.74, 6) is 1.85. The van der Waals surface area contributed by atoms with Gasteiger partial charge in [0.1, 0.15) is 5.76 Å². The van der Waals surface area contributed by atoms with Crippen molar-refractivity contribution in [2.75, 3.05) is 30.2 Å². The van der Waals surface area contributed by atoms with E-state index >= 15 is 0 Å². The molecule has 1 aliphatic heterocycles. The van der Waals surface area contributed by atoms with Gasteiger partial charge in [0.05, 0.1) is 24.2 Å². The van der Waals surface area contributed by atoms with Crippen LogP contribution >= 0.6 is 24.0 Å². The number of aromatic nitrogens is 1. The summed E-state index contributed by atoms with van der Waals surface area (Å²) >= 11 is 0. The van der Waals surface area contributed by atoms with E-state index in [9.17, 15) is 8.42 Å². The second-order valence-corrected chi connectivity index (χ2v) is 10.0. The SMILES string of the molecule is CN=C(NCCS(=O)(=O)N1CCc2ccccc21)NCc1ncc(C(C)(C)C)o1.I. The van der Waals surface area contributed by atoms with Crippen LogP contribution in [0.4, 0.5) is 5.69 Å². The number of halogens is 1. The number of hydrogen-bond acceptors (Lipinski definition) is 5. The fraction of sp³-hybridized carbons (Fsp3) is 0.500. The molecule has 1 aromatic heterocycles. The lowest BCUT2D eigenvalue weighted by atomic mass is 9.94. The summed E-state index contributed by atoms with van der Waals surface area (Å²) in [6, 6.07) is 7.63. The van der Waals surface area contributed by atoms with E-state index in [2.05, 4.69) is 41.4 Å². The Labute approximate surface area is 195 Å². The van der Waals surface area contributed by atoms with Crippen molar-refractivity contribution in [2.45, 2.75) is 39.2 Å². The molecule has 0 fully saturated rings. The van der Waals surface area contributed by atoms with Gasteiger partial charge in [-0.3, -0.25) is 9.30 Å². The van der Waals surface area contributed by atoms with Crippen molar-refractivity contribution < 1.29 is 12.8 Å². The smallest absolute Gasteiger partial charge is 0.236 e. The van der Waals surface area contributed by atoms with Crippen LogP contribution in [0.3, 0.4) is 0 Å². The van der Waals surface area contributed by atoms with E-state index in [1.54, 1.807) is 13.2 Å². The van der Waals surface area contributed by atoms with E-state index in [1.165, 1.54) is 4.31 Å². The topological polar surface area (TPSA) is 99.8 Å². The van der Waals surface area contributed by atoms with E-state index in [-0.39, 0.29) is 41.7 Å². The second-order valence-electron chi connectivity index (χ2n) is 7.99. The number of anilines is 1. The van der Waals surface area contributed by atoms with Gasteiger partial charge in [-0.25, -0.2) is 13.4 Å². The lowest BCUT2D eigenvalue weighted by Crippen LogP contribution is -2.41. The molecule has 1 aromatic carbocycles. The van der Waals surface area contributed by atoms with Crippen LogP contribution in [0.1, 0.15) is 38.0 Å². The summed E-state index contributed by atoms with van der Waals surface area (Å²) in [7, 11) is -1.76. The molecule has 2 heterocycles. The normalized spacial score (nSPS) is 14.3. The largest absolute Gasteiger partial charge is 0.443 e. The Morgan fingerprint density at radius 3 is 2.67 bits per heavy atom. The Balaban J connectivity index is 0.00000320. The first-order valence-electron chi connectivity index (χ1n) is 9.69. The standard InChI is InChI=1S/C20H29N5O3S.HI/c1-20(2,3)17-13-23-18(28-17)14-24-19(21-4)22-10-12-29(26,27)25-11-9-15-7-5-6-8-16(15)25;/h5-8,13H,9-12,14H2,1-4H3,(H2,21,22,24);1H. The predicted octanol–water partition coefficient (Wildman–Crippen LogP) is 2.65. The van der Waals surface area contributed by atoms with E-state index in [0.29, 0.717) is 24.9 Å². The molecule has 0 atom stereocenters. The molecule has 0 bridgehead atoms. The molecule has 30 heavy (non-hydrogen) atoms. The van der Waals surface area contributed by atoms with Crippen LogP contribution in [0, 0.1) is 0 Å². The third-order valence-corrected chi connectivity index (χ3v) is 6.53. The van der Waals surface area contributed by atoms with Crippen molar-refractivity contribution >= 4 is 45.6 Å². The number of sulfonamides is 1.